The number of carbonyl (C=O) groups is 1. The van der Waals surface area contributed by atoms with Crippen molar-refractivity contribution in [2.75, 3.05) is 0 Å². The molecular formula is C14H15ClN2O3. The zero-order valence-electron chi connectivity index (χ0n) is 11.2. The molecule has 6 heteroatoms. The number of aryl methyl sites for hydroxylation is 2. The standard InChI is InChI=1S/C14H15ClN2O3/c1-8-3-11(15)4-9(2)13(8)20-7-12-5-10(6-19-12)14(18)17-16/h3-6H,7,16H2,1-2H3,(H,17,18). The molecule has 0 aliphatic rings. The lowest BCUT2D eigenvalue weighted by atomic mass is 10.1. The maximum atomic E-state index is 11.3. The Morgan fingerprint density at radius 3 is 2.60 bits per heavy atom. The molecule has 0 radical (unpaired) electrons. The first-order valence-corrected chi connectivity index (χ1v) is 6.37. The third-order valence-corrected chi connectivity index (χ3v) is 3.05. The minimum Gasteiger partial charge on any atom is -0.485 e. The van der Waals surface area contributed by atoms with Crippen LogP contribution in [0.1, 0.15) is 27.2 Å². The largest absolute Gasteiger partial charge is 0.485 e. The number of hydrogen-bond acceptors (Lipinski definition) is 4. The number of halogens is 1. The van der Waals surface area contributed by atoms with Crippen molar-refractivity contribution in [1.82, 2.24) is 5.43 Å². The van der Waals surface area contributed by atoms with Crippen molar-refractivity contribution >= 4 is 17.5 Å². The summed E-state index contributed by atoms with van der Waals surface area (Å²) in [6.45, 7) is 4.06. The summed E-state index contributed by atoms with van der Waals surface area (Å²) in [5.41, 5.74) is 4.29. The molecule has 1 amide bonds. The first kappa shape index (κ1) is 14.4. The van der Waals surface area contributed by atoms with Gasteiger partial charge in [0.1, 0.15) is 24.4 Å². The van der Waals surface area contributed by atoms with E-state index >= 15 is 0 Å². The molecule has 5 nitrogen and oxygen atoms in total. The molecule has 0 aliphatic heterocycles. The van der Waals surface area contributed by atoms with E-state index in [4.69, 9.17) is 26.6 Å². The first-order valence-electron chi connectivity index (χ1n) is 5.99. The van der Waals surface area contributed by atoms with Crippen molar-refractivity contribution in [2.24, 2.45) is 5.84 Å². The molecule has 1 aromatic heterocycles. The van der Waals surface area contributed by atoms with Crippen LogP contribution in [-0.2, 0) is 6.61 Å². The maximum absolute atomic E-state index is 11.3. The minimum atomic E-state index is -0.404. The van der Waals surface area contributed by atoms with Gasteiger partial charge in [0, 0.05) is 5.02 Å². The number of benzene rings is 1. The van der Waals surface area contributed by atoms with Crippen LogP contribution >= 0.6 is 11.6 Å². The molecule has 0 aliphatic carbocycles. The molecule has 0 bridgehead atoms. The third-order valence-electron chi connectivity index (χ3n) is 2.83. The number of amides is 1. The summed E-state index contributed by atoms with van der Waals surface area (Å²) in [4.78, 5) is 11.3. The molecule has 0 saturated heterocycles. The highest BCUT2D eigenvalue weighted by Gasteiger charge is 2.11. The van der Waals surface area contributed by atoms with Crippen molar-refractivity contribution in [3.63, 3.8) is 0 Å². The van der Waals surface area contributed by atoms with Crippen LogP contribution in [-0.4, -0.2) is 5.91 Å². The molecule has 0 fully saturated rings. The fourth-order valence-electron chi connectivity index (χ4n) is 1.93. The van der Waals surface area contributed by atoms with Gasteiger partial charge < -0.3 is 9.15 Å². The summed E-state index contributed by atoms with van der Waals surface area (Å²) in [6.07, 6.45) is 1.34. The predicted octanol–water partition coefficient (Wildman–Crippen LogP) is 2.73. The Hall–Kier alpha value is -1.98. The lowest BCUT2D eigenvalue weighted by Gasteiger charge is -2.11. The zero-order valence-corrected chi connectivity index (χ0v) is 12.0. The highest BCUT2D eigenvalue weighted by atomic mass is 35.5. The lowest BCUT2D eigenvalue weighted by Crippen LogP contribution is -2.29. The fourth-order valence-corrected chi connectivity index (χ4v) is 2.25. The van der Waals surface area contributed by atoms with Crippen LogP contribution < -0.4 is 16.0 Å². The fraction of sp³-hybridized carbons (Fsp3) is 0.214. The van der Waals surface area contributed by atoms with Crippen molar-refractivity contribution in [3.05, 3.63) is 51.9 Å². The van der Waals surface area contributed by atoms with Crippen LogP contribution in [0.3, 0.4) is 0 Å². The predicted molar refractivity (Wildman–Crippen MR) is 75.6 cm³/mol. The molecule has 106 valence electrons. The van der Waals surface area contributed by atoms with Crippen LogP contribution in [0, 0.1) is 13.8 Å². The van der Waals surface area contributed by atoms with Gasteiger partial charge >= 0.3 is 0 Å². The molecule has 2 aromatic rings. The summed E-state index contributed by atoms with van der Waals surface area (Å²) in [7, 11) is 0. The molecule has 2 rings (SSSR count). The number of nitrogens with two attached hydrogens (primary N) is 1. The quantitative estimate of drug-likeness (QED) is 0.516. The highest BCUT2D eigenvalue weighted by Crippen LogP contribution is 2.27. The van der Waals surface area contributed by atoms with Gasteiger partial charge in [-0.2, -0.15) is 0 Å². The molecule has 0 unspecified atom stereocenters. The first-order chi connectivity index (χ1) is 9.51. The SMILES string of the molecule is Cc1cc(Cl)cc(C)c1OCc1cc(C(=O)NN)co1. The Kier molecular flexibility index (Phi) is 4.32. The van der Waals surface area contributed by atoms with E-state index in [2.05, 4.69) is 0 Å². The molecule has 0 spiro atoms. The number of ether oxygens (including phenoxy) is 1. The van der Waals surface area contributed by atoms with Crippen LogP contribution in [0.2, 0.25) is 5.02 Å². The molecular weight excluding hydrogens is 280 g/mol. The van der Waals surface area contributed by atoms with Gasteiger partial charge in [-0.3, -0.25) is 10.2 Å². The van der Waals surface area contributed by atoms with Gasteiger partial charge in [-0.15, -0.1) is 0 Å². The number of furan rings is 1. The number of carbonyl (C=O) groups excluding carboxylic acids is 1. The zero-order chi connectivity index (χ0) is 14.7. The van der Waals surface area contributed by atoms with Crippen molar-refractivity contribution in [3.8, 4) is 5.75 Å². The second kappa shape index (κ2) is 5.98. The Labute approximate surface area is 121 Å². The average molecular weight is 295 g/mol. The van der Waals surface area contributed by atoms with E-state index in [0.29, 0.717) is 16.3 Å². The van der Waals surface area contributed by atoms with Gasteiger partial charge in [-0.1, -0.05) is 11.6 Å². The Morgan fingerprint density at radius 1 is 1.35 bits per heavy atom. The van der Waals surface area contributed by atoms with E-state index in [1.54, 1.807) is 6.07 Å². The maximum Gasteiger partial charge on any atom is 0.268 e. The van der Waals surface area contributed by atoms with E-state index in [1.165, 1.54) is 6.26 Å². The van der Waals surface area contributed by atoms with E-state index in [9.17, 15) is 4.79 Å². The van der Waals surface area contributed by atoms with E-state index in [0.717, 1.165) is 16.9 Å². The molecule has 1 aromatic carbocycles. The summed E-state index contributed by atoms with van der Waals surface area (Å²) in [6, 6.07) is 5.25. The van der Waals surface area contributed by atoms with Crippen molar-refractivity contribution in [2.45, 2.75) is 20.5 Å². The smallest absolute Gasteiger partial charge is 0.268 e. The summed E-state index contributed by atoms with van der Waals surface area (Å²) in [5, 5.41) is 0.673. The number of rotatable bonds is 4. The van der Waals surface area contributed by atoms with E-state index in [-0.39, 0.29) is 6.61 Å². The van der Waals surface area contributed by atoms with Gasteiger partial charge in [0.05, 0.1) is 5.56 Å². The van der Waals surface area contributed by atoms with Crippen LogP contribution in [0.4, 0.5) is 0 Å². The number of hydrazine groups is 1. The Balaban J connectivity index is 2.09. The van der Waals surface area contributed by atoms with Gasteiger partial charge in [0.25, 0.3) is 5.91 Å². The molecule has 0 atom stereocenters. The van der Waals surface area contributed by atoms with Crippen LogP contribution in [0.5, 0.6) is 5.75 Å². The van der Waals surface area contributed by atoms with Crippen molar-refractivity contribution < 1.29 is 13.9 Å². The minimum absolute atomic E-state index is 0.223. The summed E-state index contributed by atoms with van der Waals surface area (Å²) < 4.78 is 11.0. The lowest BCUT2D eigenvalue weighted by molar-refractivity contribution is 0.0953. The van der Waals surface area contributed by atoms with E-state index in [1.807, 2.05) is 31.4 Å². The number of nitrogens with one attached hydrogen (secondary N) is 1. The van der Waals surface area contributed by atoms with Crippen molar-refractivity contribution in [1.29, 1.82) is 0 Å². The third kappa shape index (κ3) is 3.12. The summed E-state index contributed by atoms with van der Waals surface area (Å²) >= 11 is 5.96. The number of nitrogen functional groups attached to an aromatic ring is 1. The van der Waals surface area contributed by atoms with Gasteiger partial charge in [0.15, 0.2) is 0 Å². The summed E-state index contributed by atoms with van der Waals surface area (Å²) in [5.74, 6) is 5.94. The highest BCUT2D eigenvalue weighted by molar-refractivity contribution is 6.30. The molecule has 20 heavy (non-hydrogen) atoms. The second-order valence-corrected chi connectivity index (χ2v) is 4.87. The normalized spacial score (nSPS) is 10.4. The molecule has 3 N–H and O–H groups in total. The Morgan fingerprint density at radius 2 is 2.00 bits per heavy atom. The second-order valence-electron chi connectivity index (χ2n) is 4.43. The van der Waals surface area contributed by atoms with Crippen LogP contribution in [0.25, 0.3) is 0 Å². The van der Waals surface area contributed by atoms with Gasteiger partial charge in [-0.25, -0.2) is 5.84 Å². The van der Waals surface area contributed by atoms with Crippen LogP contribution in [0.15, 0.2) is 28.9 Å². The molecule has 0 saturated carbocycles. The van der Waals surface area contributed by atoms with E-state index < -0.39 is 5.91 Å². The van der Waals surface area contributed by atoms with Gasteiger partial charge in [0.2, 0.25) is 0 Å². The average Bonchev–Trinajstić information content (AvgIpc) is 2.85. The molecule has 1 heterocycles. The monoisotopic (exact) mass is 294 g/mol. The topological polar surface area (TPSA) is 77.5 Å². The van der Waals surface area contributed by atoms with Gasteiger partial charge in [-0.05, 0) is 43.2 Å². The number of hydrogen-bond donors (Lipinski definition) is 2. The Bertz CT molecular complexity index is 614.